The molecule has 0 aliphatic carbocycles. The van der Waals surface area contributed by atoms with Crippen LogP contribution in [0.5, 0.6) is 0 Å². The molecule has 1 aromatic rings. The molecule has 1 saturated heterocycles. The van der Waals surface area contributed by atoms with Gasteiger partial charge in [-0.3, -0.25) is 0 Å². The molecule has 0 radical (unpaired) electrons. The molecule has 0 N–H and O–H groups in total. The Morgan fingerprint density at radius 3 is 2.83 bits per heavy atom. The molecule has 0 bridgehead atoms. The van der Waals surface area contributed by atoms with E-state index in [0.29, 0.717) is 5.15 Å². The molecule has 0 unspecified atom stereocenters. The maximum absolute atomic E-state index is 5.73. The molecule has 0 aromatic carbocycles. The standard InChI is InChI=1S/C8H10ClN3/c1-6-3-12(4-6)8-2-7(9)10-5-11-8/h2,5-6H,3-4H2,1H3. The number of hydrogen-bond donors (Lipinski definition) is 0. The predicted octanol–water partition coefficient (Wildman–Crippen LogP) is 1.59. The topological polar surface area (TPSA) is 29.0 Å². The molecule has 3 nitrogen and oxygen atoms in total. The molecular formula is C8H10ClN3. The summed E-state index contributed by atoms with van der Waals surface area (Å²) in [6.07, 6.45) is 1.50. The van der Waals surface area contributed by atoms with Crippen LogP contribution in [-0.2, 0) is 0 Å². The lowest BCUT2D eigenvalue weighted by atomic mass is 10.0. The Balaban J connectivity index is 2.13. The first-order chi connectivity index (χ1) is 5.75. The van der Waals surface area contributed by atoms with Gasteiger partial charge in [0.15, 0.2) is 0 Å². The number of nitrogens with zero attached hydrogens (tertiary/aromatic N) is 3. The van der Waals surface area contributed by atoms with Crippen LogP contribution in [0.15, 0.2) is 12.4 Å². The van der Waals surface area contributed by atoms with Crippen LogP contribution in [0.3, 0.4) is 0 Å². The molecule has 1 aromatic heterocycles. The predicted molar refractivity (Wildman–Crippen MR) is 48.4 cm³/mol. The van der Waals surface area contributed by atoms with Crippen molar-refractivity contribution >= 4 is 17.4 Å². The van der Waals surface area contributed by atoms with Gasteiger partial charge in [-0.25, -0.2) is 9.97 Å². The Labute approximate surface area is 76.4 Å². The third-order valence-electron chi connectivity index (χ3n) is 2.01. The van der Waals surface area contributed by atoms with Gasteiger partial charge < -0.3 is 4.90 Å². The van der Waals surface area contributed by atoms with Gasteiger partial charge in [-0.15, -0.1) is 0 Å². The SMILES string of the molecule is CC1CN(c2cc(Cl)ncn2)C1. The average molecular weight is 184 g/mol. The van der Waals surface area contributed by atoms with E-state index in [9.17, 15) is 0 Å². The number of anilines is 1. The summed E-state index contributed by atoms with van der Waals surface area (Å²) in [6, 6.07) is 1.80. The third-order valence-corrected chi connectivity index (χ3v) is 2.21. The highest BCUT2D eigenvalue weighted by Gasteiger charge is 2.23. The van der Waals surface area contributed by atoms with Crippen molar-refractivity contribution in [2.24, 2.45) is 5.92 Å². The van der Waals surface area contributed by atoms with Crippen LogP contribution in [0.2, 0.25) is 5.15 Å². The van der Waals surface area contributed by atoms with Crippen LogP contribution in [0.4, 0.5) is 5.82 Å². The molecule has 4 heteroatoms. The zero-order valence-corrected chi connectivity index (χ0v) is 7.62. The lowest BCUT2D eigenvalue weighted by molar-refractivity contribution is 0.443. The van der Waals surface area contributed by atoms with E-state index >= 15 is 0 Å². The van der Waals surface area contributed by atoms with Crippen molar-refractivity contribution in [3.63, 3.8) is 0 Å². The summed E-state index contributed by atoms with van der Waals surface area (Å²) in [5, 5.41) is 0.513. The maximum atomic E-state index is 5.73. The molecule has 64 valence electrons. The van der Waals surface area contributed by atoms with E-state index in [4.69, 9.17) is 11.6 Å². The molecule has 2 heterocycles. The van der Waals surface area contributed by atoms with Crippen molar-refractivity contribution in [3.05, 3.63) is 17.5 Å². The molecule has 1 aliphatic heterocycles. The second-order valence-electron chi connectivity index (χ2n) is 3.21. The van der Waals surface area contributed by atoms with Crippen molar-refractivity contribution in [1.29, 1.82) is 0 Å². The molecule has 12 heavy (non-hydrogen) atoms. The third kappa shape index (κ3) is 1.37. The van der Waals surface area contributed by atoms with Gasteiger partial charge in [0, 0.05) is 19.2 Å². The maximum Gasteiger partial charge on any atom is 0.134 e. The minimum Gasteiger partial charge on any atom is -0.356 e. The highest BCUT2D eigenvalue weighted by molar-refractivity contribution is 6.29. The van der Waals surface area contributed by atoms with Crippen molar-refractivity contribution in [3.8, 4) is 0 Å². The summed E-state index contributed by atoms with van der Waals surface area (Å²) in [4.78, 5) is 10.1. The number of halogens is 1. The van der Waals surface area contributed by atoms with E-state index in [0.717, 1.165) is 24.8 Å². The van der Waals surface area contributed by atoms with E-state index in [1.807, 2.05) is 0 Å². The van der Waals surface area contributed by atoms with Gasteiger partial charge >= 0.3 is 0 Å². The highest BCUT2D eigenvalue weighted by atomic mass is 35.5. The quantitative estimate of drug-likeness (QED) is 0.620. The van der Waals surface area contributed by atoms with Gasteiger partial charge in [-0.05, 0) is 5.92 Å². The molecule has 0 atom stereocenters. The smallest absolute Gasteiger partial charge is 0.134 e. The van der Waals surface area contributed by atoms with Gasteiger partial charge in [-0.2, -0.15) is 0 Å². The van der Waals surface area contributed by atoms with Crippen LogP contribution >= 0.6 is 11.6 Å². The first kappa shape index (κ1) is 7.80. The summed E-state index contributed by atoms with van der Waals surface area (Å²) >= 11 is 5.73. The summed E-state index contributed by atoms with van der Waals surface area (Å²) in [7, 11) is 0. The Kier molecular flexibility index (Phi) is 1.89. The van der Waals surface area contributed by atoms with Crippen LogP contribution in [0.25, 0.3) is 0 Å². The monoisotopic (exact) mass is 183 g/mol. The first-order valence-corrected chi connectivity index (χ1v) is 4.36. The number of aromatic nitrogens is 2. The van der Waals surface area contributed by atoms with Crippen LogP contribution in [0.1, 0.15) is 6.92 Å². The zero-order valence-electron chi connectivity index (χ0n) is 6.87. The largest absolute Gasteiger partial charge is 0.356 e. The lowest BCUT2D eigenvalue weighted by Crippen LogP contribution is -2.45. The van der Waals surface area contributed by atoms with Crippen LogP contribution < -0.4 is 4.90 Å². The van der Waals surface area contributed by atoms with E-state index in [2.05, 4.69) is 21.8 Å². The average Bonchev–Trinajstić information content (AvgIpc) is 1.99. The zero-order chi connectivity index (χ0) is 8.55. The summed E-state index contributed by atoms with van der Waals surface area (Å²) in [5.74, 6) is 1.71. The van der Waals surface area contributed by atoms with E-state index in [1.165, 1.54) is 6.33 Å². The summed E-state index contributed by atoms with van der Waals surface area (Å²) < 4.78 is 0. The minimum absolute atomic E-state index is 0.513. The molecule has 0 spiro atoms. The van der Waals surface area contributed by atoms with Gasteiger partial charge in [0.2, 0.25) is 0 Å². The van der Waals surface area contributed by atoms with Crippen molar-refractivity contribution < 1.29 is 0 Å². The fourth-order valence-corrected chi connectivity index (χ4v) is 1.52. The lowest BCUT2D eigenvalue weighted by Gasteiger charge is -2.37. The fraction of sp³-hybridized carbons (Fsp3) is 0.500. The second kappa shape index (κ2) is 2.90. The Bertz CT molecular complexity index is 283. The van der Waals surface area contributed by atoms with E-state index in [-0.39, 0.29) is 0 Å². The van der Waals surface area contributed by atoms with E-state index < -0.39 is 0 Å². The summed E-state index contributed by atoms with van der Waals surface area (Å²) in [5.41, 5.74) is 0. The van der Waals surface area contributed by atoms with Crippen LogP contribution in [0, 0.1) is 5.92 Å². The second-order valence-corrected chi connectivity index (χ2v) is 3.60. The number of rotatable bonds is 1. The summed E-state index contributed by atoms with van der Waals surface area (Å²) in [6.45, 7) is 4.37. The van der Waals surface area contributed by atoms with Crippen molar-refractivity contribution in [2.45, 2.75) is 6.92 Å². The first-order valence-electron chi connectivity index (χ1n) is 3.98. The van der Waals surface area contributed by atoms with Gasteiger partial charge in [0.1, 0.15) is 17.3 Å². The van der Waals surface area contributed by atoms with Gasteiger partial charge in [0.05, 0.1) is 0 Å². The highest BCUT2D eigenvalue weighted by Crippen LogP contribution is 2.22. The molecular weight excluding hydrogens is 174 g/mol. The van der Waals surface area contributed by atoms with E-state index in [1.54, 1.807) is 6.07 Å². The molecule has 0 saturated carbocycles. The van der Waals surface area contributed by atoms with Crippen molar-refractivity contribution in [1.82, 2.24) is 9.97 Å². The molecule has 1 aliphatic rings. The number of hydrogen-bond acceptors (Lipinski definition) is 3. The van der Waals surface area contributed by atoms with Gasteiger partial charge in [-0.1, -0.05) is 18.5 Å². The molecule has 0 amide bonds. The van der Waals surface area contributed by atoms with Crippen molar-refractivity contribution in [2.75, 3.05) is 18.0 Å². The minimum atomic E-state index is 0.513. The molecule has 1 fully saturated rings. The Morgan fingerprint density at radius 1 is 1.50 bits per heavy atom. The Morgan fingerprint density at radius 2 is 2.25 bits per heavy atom. The van der Waals surface area contributed by atoms with Crippen LogP contribution in [-0.4, -0.2) is 23.1 Å². The molecule has 2 rings (SSSR count). The fourth-order valence-electron chi connectivity index (χ4n) is 1.38. The van der Waals surface area contributed by atoms with Gasteiger partial charge in [0.25, 0.3) is 0 Å². The Hall–Kier alpha value is -0.830. The normalized spacial score (nSPS) is 17.7.